The molecule has 2 aromatic carbocycles. The predicted molar refractivity (Wildman–Crippen MR) is 127 cm³/mol. The van der Waals surface area contributed by atoms with Crippen molar-refractivity contribution < 1.29 is 20.4 Å². The van der Waals surface area contributed by atoms with Gasteiger partial charge in [0, 0.05) is 35.5 Å². The van der Waals surface area contributed by atoms with Crippen molar-refractivity contribution in [3.63, 3.8) is 0 Å². The van der Waals surface area contributed by atoms with Gasteiger partial charge in [-0.15, -0.1) is 12.4 Å². The van der Waals surface area contributed by atoms with Crippen LogP contribution in [0.4, 0.5) is 0 Å². The molecule has 1 aromatic heterocycles. The van der Waals surface area contributed by atoms with Crippen molar-refractivity contribution in [2.24, 2.45) is 5.92 Å². The van der Waals surface area contributed by atoms with Crippen LogP contribution in [0, 0.1) is 5.92 Å². The van der Waals surface area contributed by atoms with E-state index in [1.807, 2.05) is 6.07 Å². The number of phenolic OH excluding ortho intramolecular Hbond substituents is 1. The fraction of sp³-hybridized carbons (Fsp3) is 0.462. The fourth-order valence-electron chi connectivity index (χ4n) is 7.57. The molecule has 7 heteroatoms. The van der Waals surface area contributed by atoms with Gasteiger partial charge < -0.3 is 25.4 Å². The third kappa shape index (κ3) is 2.35. The molecule has 0 unspecified atom stereocenters. The highest BCUT2D eigenvalue weighted by Gasteiger charge is 2.72. The van der Waals surface area contributed by atoms with Crippen molar-refractivity contribution in [2.75, 3.05) is 13.1 Å². The monoisotopic (exact) mass is 468 g/mol. The molecule has 2 fully saturated rings. The highest BCUT2D eigenvalue weighted by Crippen LogP contribution is 2.69. The van der Waals surface area contributed by atoms with E-state index in [2.05, 4.69) is 34.1 Å². The molecule has 1 saturated heterocycles. The largest absolute Gasteiger partial charge is 0.504 e. The number of nitrogens with one attached hydrogen (secondary N) is 1. The van der Waals surface area contributed by atoms with Gasteiger partial charge in [-0.2, -0.15) is 0 Å². The van der Waals surface area contributed by atoms with Crippen LogP contribution in [0.25, 0.3) is 10.9 Å². The average Bonchev–Trinajstić information content (AvgIpc) is 3.40. The molecule has 1 saturated carbocycles. The number of hydrogen-bond donors (Lipinski definition) is 3. The van der Waals surface area contributed by atoms with Gasteiger partial charge >= 0.3 is 0 Å². The molecule has 3 aromatic rings. The Labute approximate surface area is 198 Å². The van der Waals surface area contributed by atoms with Gasteiger partial charge in [0.25, 0.3) is 0 Å². The second-order valence-electron chi connectivity index (χ2n) is 10.5. The second-order valence-corrected chi connectivity index (χ2v) is 10.5. The van der Waals surface area contributed by atoms with Crippen molar-refractivity contribution in [1.82, 2.24) is 9.88 Å². The first-order valence-electron chi connectivity index (χ1n) is 11.7. The first kappa shape index (κ1) is 21.3. The zero-order valence-electron chi connectivity index (χ0n) is 18.3. The van der Waals surface area contributed by atoms with Crippen LogP contribution in [0.5, 0.6) is 11.5 Å². The van der Waals surface area contributed by atoms with Gasteiger partial charge in [-0.1, -0.05) is 24.3 Å². The summed E-state index contributed by atoms with van der Waals surface area (Å²) in [5.41, 5.74) is 4.27. The Morgan fingerprint density at radius 1 is 1.15 bits per heavy atom. The smallest absolute Gasteiger partial charge is 0.166 e. The molecule has 174 valence electrons. The van der Waals surface area contributed by atoms with Crippen LogP contribution in [-0.4, -0.2) is 50.3 Å². The highest BCUT2D eigenvalue weighted by molar-refractivity contribution is 5.86. The molecular weight excluding hydrogens is 440 g/mol. The number of aromatic hydroxyl groups is 1. The molecule has 6 nitrogen and oxygen atoms in total. The summed E-state index contributed by atoms with van der Waals surface area (Å²) in [6, 6.07) is 12.3. The maximum atomic E-state index is 12.7. The lowest BCUT2D eigenvalue weighted by Gasteiger charge is -2.62. The average molecular weight is 469 g/mol. The second kappa shape index (κ2) is 6.66. The van der Waals surface area contributed by atoms with E-state index in [9.17, 15) is 10.2 Å². The van der Waals surface area contributed by atoms with Gasteiger partial charge in [-0.25, -0.2) is 0 Å². The summed E-state index contributed by atoms with van der Waals surface area (Å²) >= 11 is 0. The topological polar surface area (TPSA) is 100 Å². The number of aromatic amines is 1. The number of nitrogens with zero attached hydrogens (tertiary/aromatic N) is 1. The summed E-state index contributed by atoms with van der Waals surface area (Å²) in [6.45, 7) is 2.07. The lowest BCUT2D eigenvalue weighted by molar-refractivity contribution is -0.173. The Bertz CT molecular complexity index is 1290. The first-order valence-corrected chi connectivity index (χ1v) is 11.7. The SMILES string of the molecule is Cl.O.Oc1ccc2c3c1O[C@H]1c4[nH]c5ccccc5c4C[C@@]4(O)[C@@H](C2)N(CC2CC2)CC[C@]314. The maximum Gasteiger partial charge on any atom is 0.166 e. The van der Waals surface area contributed by atoms with Crippen LogP contribution in [0.15, 0.2) is 36.4 Å². The van der Waals surface area contributed by atoms with E-state index in [0.29, 0.717) is 12.2 Å². The van der Waals surface area contributed by atoms with E-state index in [1.54, 1.807) is 6.07 Å². The zero-order chi connectivity index (χ0) is 20.5. The number of aromatic nitrogens is 1. The number of hydrogen-bond acceptors (Lipinski definition) is 4. The number of piperidine rings is 1. The molecule has 5 N–H and O–H groups in total. The van der Waals surface area contributed by atoms with E-state index >= 15 is 0 Å². The minimum absolute atomic E-state index is 0. The standard InChI is InChI=1S/C26H26N2O3.ClH.H2O/c29-19-8-7-15-11-20-26(30)12-17-16-3-1-2-4-18(16)27-22(17)24-25(26,21(15)23(19)31-24)9-10-28(20)13-14-5-6-14;;/h1-4,7-8,14,20,24,27,29-30H,5-6,9-13H2;1H;1H2/t20-,24+,25+,26-;;/m1../s1. The molecule has 5 aliphatic rings. The third-order valence-corrected chi connectivity index (χ3v) is 9.07. The van der Waals surface area contributed by atoms with Gasteiger partial charge in [-0.05, 0) is 61.4 Å². The molecule has 1 spiro atoms. The number of fused-ring (bicyclic) bond motifs is 4. The van der Waals surface area contributed by atoms with Crippen LogP contribution in [0.3, 0.4) is 0 Å². The normalized spacial score (nSPS) is 32.9. The molecule has 2 aliphatic heterocycles. The predicted octanol–water partition coefficient (Wildman–Crippen LogP) is 3.17. The Balaban J connectivity index is 0.00000103. The summed E-state index contributed by atoms with van der Waals surface area (Å²) in [5, 5.41) is 24.6. The molecule has 8 rings (SSSR count). The summed E-state index contributed by atoms with van der Waals surface area (Å²) in [7, 11) is 0. The van der Waals surface area contributed by atoms with E-state index in [1.165, 1.54) is 29.4 Å². The van der Waals surface area contributed by atoms with E-state index in [4.69, 9.17) is 4.74 Å². The highest BCUT2D eigenvalue weighted by atomic mass is 35.5. The molecule has 0 amide bonds. The third-order valence-electron chi connectivity index (χ3n) is 9.07. The summed E-state index contributed by atoms with van der Waals surface area (Å²) in [5.74, 6) is 1.58. The van der Waals surface area contributed by atoms with Gasteiger partial charge in [0.1, 0.15) is 0 Å². The number of phenols is 1. The van der Waals surface area contributed by atoms with Gasteiger partial charge in [0.05, 0.1) is 16.7 Å². The van der Waals surface area contributed by atoms with Crippen LogP contribution < -0.4 is 4.74 Å². The Hall–Kier alpha value is -2.25. The molecule has 3 heterocycles. The Morgan fingerprint density at radius 3 is 2.79 bits per heavy atom. The number of benzene rings is 2. The van der Waals surface area contributed by atoms with E-state index < -0.39 is 11.0 Å². The summed E-state index contributed by atoms with van der Waals surface area (Å²) in [6.07, 6.45) is 4.66. The Morgan fingerprint density at radius 2 is 1.97 bits per heavy atom. The van der Waals surface area contributed by atoms with Gasteiger partial charge in [0.15, 0.2) is 17.6 Å². The number of halogens is 1. The summed E-state index contributed by atoms with van der Waals surface area (Å²) in [4.78, 5) is 6.22. The number of rotatable bonds is 2. The van der Waals surface area contributed by atoms with E-state index in [-0.39, 0.29) is 35.8 Å². The molecule has 4 atom stereocenters. The maximum absolute atomic E-state index is 12.7. The van der Waals surface area contributed by atoms with Crippen LogP contribution in [-0.2, 0) is 18.3 Å². The molecule has 3 aliphatic carbocycles. The van der Waals surface area contributed by atoms with Gasteiger partial charge in [0.2, 0.25) is 0 Å². The fourth-order valence-corrected chi connectivity index (χ4v) is 7.57. The molecule has 33 heavy (non-hydrogen) atoms. The Kier molecular flexibility index (Phi) is 4.30. The zero-order valence-corrected chi connectivity index (χ0v) is 19.1. The van der Waals surface area contributed by atoms with Crippen LogP contribution in [0.2, 0.25) is 0 Å². The number of H-pyrrole nitrogens is 1. The van der Waals surface area contributed by atoms with Gasteiger partial charge in [-0.3, -0.25) is 4.90 Å². The molecule has 2 bridgehead atoms. The summed E-state index contributed by atoms with van der Waals surface area (Å²) < 4.78 is 6.60. The van der Waals surface area contributed by atoms with Crippen molar-refractivity contribution in [3.05, 3.63) is 58.8 Å². The minimum atomic E-state index is -0.908. The van der Waals surface area contributed by atoms with Crippen molar-refractivity contribution in [2.45, 2.75) is 55.3 Å². The van der Waals surface area contributed by atoms with Crippen LogP contribution >= 0.6 is 12.4 Å². The number of aliphatic hydroxyl groups is 1. The lowest BCUT2D eigenvalue weighted by Crippen LogP contribution is -2.74. The number of para-hydroxylation sites is 1. The van der Waals surface area contributed by atoms with Crippen LogP contribution in [0.1, 0.15) is 47.8 Å². The number of likely N-dealkylation sites (tertiary alicyclic amines) is 1. The molecular formula is C26H29ClN2O4. The van der Waals surface area contributed by atoms with Crippen molar-refractivity contribution in [1.29, 1.82) is 0 Å². The quantitative estimate of drug-likeness (QED) is 0.537. The molecule has 0 radical (unpaired) electrons. The minimum Gasteiger partial charge on any atom is -0.504 e. The first-order chi connectivity index (χ1) is 15.1. The van der Waals surface area contributed by atoms with E-state index in [0.717, 1.165) is 48.6 Å². The number of ether oxygens (including phenoxy) is 1. The van der Waals surface area contributed by atoms with Crippen molar-refractivity contribution >= 4 is 23.3 Å². The lowest BCUT2D eigenvalue weighted by atomic mass is 9.49. The van der Waals surface area contributed by atoms with Crippen molar-refractivity contribution in [3.8, 4) is 11.5 Å².